The molecule has 2 bridgehead atoms. The molecule has 0 N–H and O–H groups in total. The van der Waals surface area contributed by atoms with E-state index in [1.165, 1.54) is 6.42 Å². The number of nitriles is 1. The van der Waals surface area contributed by atoms with Crippen LogP contribution in [0.2, 0.25) is 0 Å². The molecular weight excluding hydrogens is 418 g/mol. The molecule has 3 rings (SSSR count). The van der Waals surface area contributed by atoms with Gasteiger partial charge in [0.2, 0.25) is 0 Å². The van der Waals surface area contributed by atoms with Gasteiger partial charge in [-0.05, 0) is 71.6 Å². The Morgan fingerprint density at radius 1 is 1.18 bits per heavy atom. The lowest BCUT2D eigenvalue weighted by Gasteiger charge is -2.54. The van der Waals surface area contributed by atoms with Crippen molar-refractivity contribution in [2.75, 3.05) is 0 Å². The average molecular weight is 460 g/mol. The number of rotatable bonds is 8. The van der Waals surface area contributed by atoms with Crippen molar-refractivity contribution in [3.8, 4) is 6.07 Å². The van der Waals surface area contributed by atoms with Gasteiger partial charge in [-0.3, -0.25) is 14.4 Å². The van der Waals surface area contributed by atoms with Crippen LogP contribution < -0.4 is 0 Å². The first-order valence-corrected chi connectivity index (χ1v) is 12.5. The summed E-state index contributed by atoms with van der Waals surface area (Å²) >= 11 is 0. The highest BCUT2D eigenvalue weighted by atomic mass is 16.6. The minimum atomic E-state index is -1.01. The van der Waals surface area contributed by atoms with Crippen LogP contribution in [-0.2, 0) is 23.9 Å². The molecule has 1 aliphatic heterocycles. The van der Waals surface area contributed by atoms with Gasteiger partial charge in [-0.1, -0.05) is 34.6 Å². The topological polar surface area (TPSA) is 93.5 Å². The van der Waals surface area contributed by atoms with Crippen LogP contribution in [0.15, 0.2) is 0 Å². The Balaban J connectivity index is 1.84. The quantitative estimate of drug-likeness (QED) is 0.340. The van der Waals surface area contributed by atoms with Crippen molar-refractivity contribution in [2.45, 2.75) is 112 Å². The predicted octanol–water partition coefficient (Wildman–Crippen LogP) is 5.73. The van der Waals surface area contributed by atoms with Gasteiger partial charge in [0.15, 0.2) is 0 Å². The summed E-state index contributed by atoms with van der Waals surface area (Å²) in [4.78, 5) is 38.0. The number of carbonyl (C=O) groups is 3. The summed E-state index contributed by atoms with van der Waals surface area (Å²) in [6.45, 7) is 16.1. The molecule has 0 aromatic heterocycles. The van der Waals surface area contributed by atoms with Gasteiger partial charge in [-0.25, -0.2) is 0 Å². The summed E-state index contributed by atoms with van der Waals surface area (Å²) in [6.07, 6.45) is 4.88. The van der Waals surface area contributed by atoms with E-state index in [0.717, 1.165) is 19.3 Å². The van der Waals surface area contributed by atoms with Gasteiger partial charge < -0.3 is 9.47 Å². The zero-order chi connectivity index (χ0) is 25.1. The Kier molecular flexibility index (Phi) is 6.09. The fourth-order valence-electron chi connectivity index (χ4n) is 7.90. The van der Waals surface area contributed by atoms with Crippen LogP contribution >= 0.6 is 0 Å². The molecule has 1 saturated heterocycles. The van der Waals surface area contributed by atoms with E-state index in [2.05, 4.69) is 33.8 Å². The largest absolute Gasteiger partial charge is 0.458 e. The van der Waals surface area contributed by atoms with Crippen molar-refractivity contribution in [1.29, 1.82) is 5.26 Å². The fraction of sp³-hybridized carbons (Fsp3) is 0.852. The minimum absolute atomic E-state index is 0.0165. The van der Waals surface area contributed by atoms with E-state index in [1.54, 1.807) is 6.92 Å². The van der Waals surface area contributed by atoms with Crippen LogP contribution in [0.1, 0.15) is 107 Å². The van der Waals surface area contributed by atoms with Crippen molar-refractivity contribution < 1.29 is 23.9 Å². The second-order valence-electron chi connectivity index (χ2n) is 12.8. The third-order valence-corrected chi connectivity index (χ3v) is 9.72. The van der Waals surface area contributed by atoms with Gasteiger partial charge >= 0.3 is 17.9 Å². The summed E-state index contributed by atoms with van der Waals surface area (Å²) < 4.78 is 11.4. The zero-order valence-corrected chi connectivity index (χ0v) is 21.7. The maximum atomic E-state index is 13.7. The van der Waals surface area contributed by atoms with E-state index in [0.29, 0.717) is 12.3 Å². The second kappa shape index (κ2) is 7.82. The van der Waals surface area contributed by atoms with Gasteiger partial charge in [0, 0.05) is 10.8 Å². The lowest BCUT2D eigenvalue weighted by atomic mass is 9.59. The van der Waals surface area contributed by atoms with Gasteiger partial charge in [0.1, 0.15) is 5.60 Å². The number of esters is 3. The highest BCUT2D eigenvalue weighted by Crippen LogP contribution is 2.70. The van der Waals surface area contributed by atoms with Crippen LogP contribution in [0.4, 0.5) is 0 Å². The molecule has 6 heteroatoms. The Morgan fingerprint density at radius 3 is 2.24 bits per heavy atom. The highest BCUT2D eigenvalue weighted by molar-refractivity contribution is 5.97. The first-order chi connectivity index (χ1) is 15.1. The predicted molar refractivity (Wildman–Crippen MR) is 124 cm³/mol. The molecule has 0 spiro atoms. The van der Waals surface area contributed by atoms with Gasteiger partial charge in [-0.15, -0.1) is 0 Å². The number of carbonyl (C=O) groups excluding carboxylic acids is 3. The number of nitrogens with zero attached hydrogens (tertiary/aromatic N) is 1. The summed E-state index contributed by atoms with van der Waals surface area (Å²) in [7, 11) is 0. The minimum Gasteiger partial charge on any atom is -0.458 e. The van der Waals surface area contributed by atoms with E-state index in [1.807, 2.05) is 20.8 Å². The number of hydrogen-bond donors (Lipinski definition) is 0. The molecule has 5 unspecified atom stereocenters. The molecule has 2 aliphatic carbocycles. The second-order valence-corrected chi connectivity index (χ2v) is 12.8. The normalized spacial score (nSPS) is 36.9. The molecule has 0 amide bonds. The molecule has 184 valence electrons. The standard InChI is InChI=1S/C27H41NO5/c1-9-26(14-19(29)32-21(26)31)16-24(7,17-28)15-22(3,4)20(30)33-27(10-2)23(5,6)18-11-12-25(27,8)13-18/h18H,9-16H2,1-8H3. The van der Waals surface area contributed by atoms with E-state index in [-0.39, 0.29) is 36.1 Å². The van der Waals surface area contributed by atoms with Crippen molar-refractivity contribution >= 4 is 17.9 Å². The van der Waals surface area contributed by atoms with E-state index in [4.69, 9.17) is 9.47 Å². The van der Waals surface area contributed by atoms with Crippen molar-refractivity contribution in [1.82, 2.24) is 0 Å². The van der Waals surface area contributed by atoms with Crippen molar-refractivity contribution in [3.05, 3.63) is 0 Å². The number of ether oxygens (including phenoxy) is 2. The first kappa shape index (κ1) is 25.7. The van der Waals surface area contributed by atoms with Gasteiger partial charge in [0.05, 0.1) is 28.7 Å². The Bertz CT molecular complexity index is 894. The smallest absolute Gasteiger partial charge is 0.320 e. The van der Waals surface area contributed by atoms with Crippen LogP contribution in [0.5, 0.6) is 0 Å². The molecule has 5 atom stereocenters. The summed E-state index contributed by atoms with van der Waals surface area (Å²) in [5.41, 5.74) is -3.61. The van der Waals surface area contributed by atoms with E-state index >= 15 is 0 Å². The van der Waals surface area contributed by atoms with E-state index < -0.39 is 33.8 Å². The van der Waals surface area contributed by atoms with Gasteiger partial charge in [0.25, 0.3) is 0 Å². The van der Waals surface area contributed by atoms with Crippen LogP contribution in [0.25, 0.3) is 0 Å². The molecule has 1 heterocycles. The van der Waals surface area contributed by atoms with Crippen LogP contribution in [-0.4, -0.2) is 23.5 Å². The Morgan fingerprint density at radius 2 is 1.82 bits per heavy atom. The lowest BCUT2D eigenvalue weighted by molar-refractivity contribution is -0.210. The molecule has 33 heavy (non-hydrogen) atoms. The van der Waals surface area contributed by atoms with E-state index in [9.17, 15) is 19.6 Å². The number of fused-ring (bicyclic) bond motifs is 2. The number of hydrogen-bond acceptors (Lipinski definition) is 6. The van der Waals surface area contributed by atoms with Gasteiger partial charge in [-0.2, -0.15) is 5.26 Å². The monoisotopic (exact) mass is 459 g/mol. The summed E-state index contributed by atoms with van der Waals surface area (Å²) in [5.74, 6) is -0.850. The third kappa shape index (κ3) is 3.70. The molecule has 6 nitrogen and oxygen atoms in total. The fourth-order valence-corrected chi connectivity index (χ4v) is 7.90. The van der Waals surface area contributed by atoms with Crippen LogP contribution in [0.3, 0.4) is 0 Å². The highest BCUT2D eigenvalue weighted by Gasteiger charge is 2.70. The van der Waals surface area contributed by atoms with Crippen LogP contribution in [0, 0.1) is 44.3 Å². The molecule has 0 aromatic rings. The average Bonchev–Trinajstić information content (AvgIpc) is 3.30. The zero-order valence-electron chi connectivity index (χ0n) is 21.7. The molecule has 2 saturated carbocycles. The summed E-state index contributed by atoms with van der Waals surface area (Å²) in [5, 5.41) is 10.1. The molecular formula is C27H41NO5. The Labute approximate surface area is 198 Å². The maximum absolute atomic E-state index is 13.7. The Hall–Kier alpha value is -1.90. The molecule has 0 radical (unpaired) electrons. The molecule has 0 aromatic carbocycles. The molecule has 3 aliphatic rings. The first-order valence-electron chi connectivity index (χ1n) is 12.5. The number of cyclic esters (lactones) is 2. The molecule has 3 fully saturated rings. The van der Waals surface area contributed by atoms with Crippen molar-refractivity contribution in [3.63, 3.8) is 0 Å². The SMILES string of the molecule is CCC1(CC(C)(C#N)CC(C)(C)C(=O)OC2(CC)C3(C)CCC(C3)C2(C)C)CC(=O)OC1=O. The third-order valence-electron chi connectivity index (χ3n) is 9.72. The maximum Gasteiger partial charge on any atom is 0.320 e. The summed E-state index contributed by atoms with van der Waals surface area (Å²) in [6, 6.07) is 2.35. The van der Waals surface area contributed by atoms with Crippen molar-refractivity contribution in [2.24, 2.45) is 33.0 Å². The lowest BCUT2D eigenvalue weighted by Crippen LogP contribution is -2.57.